The van der Waals surface area contributed by atoms with E-state index in [4.69, 9.17) is 0 Å². The van der Waals surface area contributed by atoms with E-state index >= 15 is 0 Å². The van der Waals surface area contributed by atoms with Gasteiger partial charge in [-0.05, 0) is 38.7 Å². The molecule has 2 aromatic rings. The van der Waals surface area contributed by atoms with Gasteiger partial charge in [-0.2, -0.15) is 0 Å². The van der Waals surface area contributed by atoms with Crippen LogP contribution in [0.25, 0.3) is 11.3 Å². The molecule has 1 aliphatic heterocycles. The van der Waals surface area contributed by atoms with E-state index in [1.165, 1.54) is 4.90 Å². The molecule has 3 amide bonds. The normalized spacial score (nSPS) is 21.6. The molecule has 0 unspecified atom stereocenters. The van der Waals surface area contributed by atoms with Gasteiger partial charge in [0.1, 0.15) is 6.04 Å². The Bertz CT molecular complexity index is 969. The van der Waals surface area contributed by atoms with Gasteiger partial charge in [0.2, 0.25) is 17.7 Å². The predicted molar refractivity (Wildman–Crippen MR) is 116 cm³/mol. The fraction of sp³-hybridized carbons (Fsp3) is 0.391. The lowest BCUT2D eigenvalue weighted by molar-refractivity contribution is -0.147. The Kier molecular flexibility index (Phi) is 5.81. The summed E-state index contributed by atoms with van der Waals surface area (Å²) in [7, 11) is 0. The van der Waals surface area contributed by atoms with Crippen LogP contribution in [0.15, 0.2) is 41.8 Å². The lowest BCUT2D eigenvalue weighted by Crippen LogP contribution is -2.48. The summed E-state index contributed by atoms with van der Waals surface area (Å²) < 4.78 is 0. The number of carbonyl (C=O) groups is 3. The number of hydrogen-bond acceptors (Lipinski definition) is 5. The molecule has 1 aromatic carbocycles. The number of fused-ring (bicyclic) bond motifs is 1. The van der Waals surface area contributed by atoms with Crippen molar-refractivity contribution in [2.45, 2.75) is 39.2 Å². The minimum atomic E-state index is -0.786. The van der Waals surface area contributed by atoms with Crippen LogP contribution in [0.5, 0.6) is 0 Å². The van der Waals surface area contributed by atoms with Gasteiger partial charge < -0.3 is 5.32 Å². The zero-order chi connectivity index (χ0) is 21.3. The van der Waals surface area contributed by atoms with Crippen LogP contribution in [0.1, 0.15) is 30.3 Å². The first-order valence-corrected chi connectivity index (χ1v) is 11.1. The van der Waals surface area contributed by atoms with Gasteiger partial charge in [0, 0.05) is 17.5 Å². The summed E-state index contributed by atoms with van der Waals surface area (Å²) in [5.41, 5.74) is 3.15. The number of allylic oxidation sites excluding steroid dienone is 2. The van der Waals surface area contributed by atoms with Gasteiger partial charge >= 0.3 is 0 Å². The molecule has 30 heavy (non-hydrogen) atoms. The molecule has 0 saturated carbocycles. The van der Waals surface area contributed by atoms with Crippen molar-refractivity contribution >= 4 is 29.1 Å². The van der Waals surface area contributed by atoms with Gasteiger partial charge in [-0.15, -0.1) is 11.3 Å². The van der Waals surface area contributed by atoms with E-state index in [0.717, 1.165) is 21.8 Å². The Morgan fingerprint density at radius 3 is 2.37 bits per heavy atom. The van der Waals surface area contributed by atoms with Crippen LogP contribution in [-0.2, 0) is 20.8 Å². The van der Waals surface area contributed by atoms with E-state index in [1.807, 2.05) is 48.7 Å². The van der Waals surface area contributed by atoms with Gasteiger partial charge in [0.15, 0.2) is 0 Å². The van der Waals surface area contributed by atoms with Crippen molar-refractivity contribution < 1.29 is 14.4 Å². The van der Waals surface area contributed by atoms with Crippen molar-refractivity contribution in [2.24, 2.45) is 11.8 Å². The maximum atomic E-state index is 12.6. The molecule has 2 aliphatic rings. The minimum absolute atomic E-state index is 0.218. The van der Waals surface area contributed by atoms with E-state index in [2.05, 4.69) is 10.3 Å². The fourth-order valence-corrected chi connectivity index (χ4v) is 4.76. The van der Waals surface area contributed by atoms with Crippen LogP contribution in [0.3, 0.4) is 0 Å². The predicted octanol–water partition coefficient (Wildman–Crippen LogP) is 3.12. The lowest BCUT2D eigenvalue weighted by Gasteiger charge is -2.22. The third kappa shape index (κ3) is 3.94. The van der Waals surface area contributed by atoms with Crippen LogP contribution in [-0.4, -0.2) is 40.2 Å². The molecule has 4 rings (SSSR count). The molecule has 156 valence electrons. The Hall–Kier alpha value is -2.80. The third-order valence-corrected chi connectivity index (χ3v) is 6.66. The van der Waals surface area contributed by atoms with E-state index in [1.54, 1.807) is 18.3 Å². The molecule has 0 bridgehead atoms. The average Bonchev–Trinajstić information content (AvgIpc) is 3.30. The first kappa shape index (κ1) is 20.5. The van der Waals surface area contributed by atoms with Crippen molar-refractivity contribution in [3.05, 3.63) is 52.4 Å². The zero-order valence-electron chi connectivity index (χ0n) is 17.1. The Morgan fingerprint density at radius 1 is 1.17 bits per heavy atom. The summed E-state index contributed by atoms with van der Waals surface area (Å²) in [5, 5.41) is 5.95. The molecule has 6 nitrogen and oxygen atoms in total. The van der Waals surface area contributed by atoms with Gasteiger partial charge in [0.05, 0.1) is 22.5 Å². The number of nitrogens with zero attached hydrogens (tertiary/aromatic N) is 2. The lowest BCUT2D eigenvalue weighted by atomic mass is 9.85. The number of imide groups is 1. The van der Waals surface area contributed by atoms with Crippen LogP contribution in [0.4, 0.5) is 0 Å². The first-order valence-electron chi connectivity index (χ1n) is 10.3. The number of aromatic nitrogens is 1. The minimum Gasteiger partial charge on any atom is -0.354 e. The maximum Gasteiger partial charge on any atom is 0.243 e. The zero-order valence-corrected chi connectivity index (χ0v) is 17.9. The summed E-state index contributed by atoms with van der Waals surface area (Å²) in [6.07, 6.45) is 5.72. The number of carbonyl (C=O) groups excluding carboxylic acids is 3. The van der Waals surface area contributed by atoms with Crippen molar-refractivity contribution in [3.8, 4) is 11.3 Å². The van der Waals surface area contributed by atoms with Crippen LogP contribution in [0, 0.1) is 18.8 Å². The molecule has 0 spiro atoms. The average molecular weight is 424 g/mol. The highest BCUT2D eigenvalue weighted by Crippen LogP contribution is 2.36. The van der Waals surface area contributed by atoms with Gasteiger partial charge in [-0.3, -0.25) is 19.3 Å². The molecular formula is C23H25N3O3S. The van der Waals surface area contributed by atoms with Gasteiger partial charge in [0.25, 0.3) is 0 Å². The van der Waals surface area contributed by atoms with Crippen molar-refractivity contribution in [1.82, 2.24) is 15.2 Å². The summed E-state index contributed by atoms with van der Waals surface area (Å²) in [4.78, 5) is 43.5. The van der Waals surface area contributed by atoms with Crippen molar-refractivity contribution in [1.29, 1.82) is 0 Å². The van der Waals surface area contributed by atoms with E-state index in [9.17, 15) is 14.4 Å². The number of benzene rings is 1. The standard InChI is InChI=1S/C23H25N3O3S/c1-14(26-22(28)18-5-3-4-6-19(18)23(26)29)21(27)24-12-11-16-7-9-17(10-8-16)20-13-30-15(2)25-20/h3-4,7-10,13-14,18-19H,5-6,11-12H2,1-2H3,(H,24,27)/t14-,18-,19+/m1/s1. The number of aryl methyl sites for hydroxylation is 1. The molecule has 1 aromatic heterocycles. The highest BCUT2D eigenvalue weighted by atomic mass is 32.1. The summed E-state index contributed by atoms with van der Waals surface area (Å²) >= 11 is 1.63. The van der Waals surface area contributed by atoms with E-state index < -0.39 is 6.04 Å². The van der Waals surface area contributed by atoms with Crippen LogP contribution in [0.2, 0.25) is 0 Å². The molecule has 1 aliphatic carbocycles. The van der Waals surface area contributed by atoms with Crippen LogP contribution >= 0.6 is 11.3 Å². The highest BCUT2D eigenvalue weighted by molar-refractivity contribution is 7.09. The quantitative estimate of drug-likeness (QED) is 0.572. The second-order valence-corrected chi connectivity index (χ2v) is 8.93. The molecule has 0 radical (unpaired) electrons. The number of amides is 3. The molecular weight excluding hydrogens is 398 g/mol. The number of hydrogen-bond donors (Lipinski definition) is 1. The molecule has 1 saturated heterocycles. The van der Waals surface area contributed by atoms with Gasteiger partial charge in [-0.25, -0.2) is 4.98 Å². The largest absolute Gasteiger partial charge is 0.354 e. The summed E-state index contributed by atoms with van der Waals surface area (Å²) in [5.74, 6) is -1.34. The topological polar surface area (TPSA) is 79.4 Å². The Labute approximate surface area is 180 Å². The number of thiazole rings is 1. The smallest absolute Gasteiger partial charge is 0.243 e. The monoisotopic (exact) mass is 423 g/mol. The number of nitrogens with one attached hydrogen (secondary N) is 1. The van der Waals surface area contributed by atoms with Crippen molar-refractivity contribution in [2.75, 3.05) is 6.54 Å². The molecule has 3 atom stereocenters. The van der Waals surface area contributed by atoms with Crippen LogP contribution < -0.4 is 5.32 Å². The Morgan fingerprint density at radius 2 is 1.80 bits per heavy atom. The van der Waals surface area contributed by atoms with Gasteiger partial charge in [-0.1, -0.05) is 36.4 Å². The summed E-state index contributed by atoms with van der Waals surface area (Å²) in [6, 6.07) is 7.35. The molecule has 2 heterocycles. The molecule has 1 fully saturated rings. The highest BCUT2D eigenvalue weighted by Gasteiger charge is 2.49. The van der Waals surface area contributed by atoms with E-state index in [-0.39, 0.29) is 29.6 Å². The molecule has 1 N–H and O–H groups in total. The number of rotatable bonds is 6. The SMILES string of the molecule is Cc1nc(-c2ccc(CCNC(=O)[C@@H](C)N3C(=O)[C@H]4CC=CC[C@H]4C3=O)cc2)cs1. The first-order chi connectivity index (χ1) is 14.5. The van der Waals surface area contributed by atoms with E-state index in [0.29, 0.717) is 25.8 Å². The number of likely N-dealkylation sites (tertiary alicyclic amines) is 1. The van der Waals surface area contributed by atoms with Crippen molar-refractivity contribution in [3.63, 3.8) is 0 Å². The summed E-state index contributed by atoms with van der Waals surface area (Å²) in [6.45, 7) is 4.06. The maximum absolute atomic E-state index is 12.6. The second kappa shape index (κ2) is 8.52. The fourth-order valence-electron chi connectivity index (χ4n) is 4.14. The Balaban J connectivity index is 1.30. The third-order valence-electron chi connectivity index (χ3n) is 5.89. The second-order valence-electron chi connectivity index (χ2n) is 7.87. The molecule has 7 heteroatoms.